The van der Waals surface area contributed by atoms with Crippen molar-refractivity contribution in [3.63, 3.8) is 0 Å². The number of thioether (sulfide) groups is 1. The second-order valence-corrected chi connectivity index (χ2v) is 5.06. The molecule has 86 valence electrons. The van der Waals surface area contributed by atoms with Gasteiger partial charge in [-0.3, -0.25) is 0 Å². The van der Waals surface area contributed by atoms with Crippen molar-refractivity contribution < 1.29 is 4.52 Å². The van der Waals surface area contributed by atoms with Crippen LogP contribution in [0.15, 0.2) is 4.52 Å². The third-order valence-electron chi connectivity index (χ3n) is 2.38. The molecule has 4 heteroatoms. The van der Waals surface area contributed by atoms with Crippen LogP contribution in [0.3, 0.4) is 0 Å². The van der Waals surface area contributed by atoms with E-state index in [9.17, 15) is 0 Å². The topological polar surface area (TPSA) is 38.1 Å². The van der Waals surface area contributed by atoms with Gasteiger partial charge in [-0.2, -0.15) is 11.8 Å². The summed E-state index contributed by atoms with van der Waals surface area (Å²) in [6.07, 6.45) is 0. The molecule has 0 aromatic carbocycles. The Morgan fingerprint density at radius 1 is 1.47 bits per heavy atom. The quantitative estimate of drug-likeness (QED) is 0.812. The van der Waals surface area contributed by atoms with Crippen molar-refractivity contribution in [3.8, 4) is 0 Å². The monoisotopic (exact) mass is 228 g/mol. The molecule has 0 radical (unpaired) electrons. The minimum atomic E-state index is 0.531. The fraction of sp³-hybridized carbons (Fsp3) is 0.727. The molecule has 3 nitrogen and oxygen atoms in total. The average Bonchev–Trinajstić information content (AvgIpc) is 2.53. The molecular formula is C11H20N2OS. The summed E-state index contributed by atoms with van der Waals surface area (Å²) in [5.74, 6) is 3.26. The van der Waals surface area contributed by atoms with Gasteiger partial charge < -0.3 is 9.84 Å². The summed E-state index contributed by atoms with van der Waals surface area (Å²) in [4.78, 5) is 0. The molecule has 1 N–H and O–H groups in total. The standard InChI is InChI=1S/C11H20N2OS/c1-5-15-7-8(2)12-6-11-9(3)13-14-10(11)4/h8,12H,5-7H2,1-4H3. The minimum Gasteiger partial charge on any atom is -0.361 e. The van der Waals surface area contributed by atoms with Crippen LogP contribution in [0.2, 0.25) is 0 Å². The number of hydrogen-bond acceptors (Lipinski definition) is 4. The van der Waals surface area contributed by atoms with Gasteiger partial charge in [0.1, 0.15) is 5.76 Å². The Morgan fingerprint density at radius 3 is 2.73 bits per heavy atom. The van der Waals surface area contributed by atoms with E-state index in [1.165, 1.54) is 11.3 Å². The van der Waals surface area contributed by atoms with Crippen molar-refractivity contribution >= 4 is 11.8 Å². The van der Waals surface area contributed by atoms with Gasteiger partial charge in [-0.1, -0.05) is 12.1 Å². The Hall–Kier alpha value is -0.480. The van der Waals surface area contributed by atoms with Crippen molar-refractivity contribution in [2.24, 2.45) is 0 Å². The molecule has 0 spiro atoms. The molecule has 1 aromatic heterocycles. The Kier molecular flexibility index (Phi) is 5.19. The van der Waals surface area contributed by atoms with Gasteiger partial charge >= 0.3 is 0 Å². The summed E-state index contributed by atoms with van der Waals surface area (Å²) < 4.78 is 5.11. The van der Waals surface area contributed by atoms with E-state index in [4.69, 9.17) is 4.52 Å². The van der Waals surface area contributed by atoms with E-state index in [-0.39, 0.29) is 0 Å². The number of aryl methyl sites for hydroxylation is 2. The minimum absolute atomic E-state index is 0.531. The highest BCUT2D eigenvalue weighted by atomic mass is 32.2. The zero-order valence-corrected chi connectivity index (χ0v) is 10.8. The van der Waals surface area contributed by atoms with E-state index < -0.39 is 0 Å². The van der Waals surface area contributed by atoms with Crippen LogP contribution in [-0.4, -0.2) is 22.7 Å². The first-order chi connectivity index (χ1) is 7.15. The first-order valence-corrected chi connectivity index (χ1v) is 6.53. The lowest BCUT2D eigenvalue weighted by Crippen LogP contribution is -2.28. The molecule has 0 amide bonds. The summed E-state index contributed by atoms with van der Waals surface area (Å²) in [5, 5.41) is 7.42. The smallest absolute Gasteiger partial charge is 0.138 e. The summed E-state index contributed by atoms with van der Waals surface area (Å²) in [7, 11) is 0. The number of hydrogen-bond donors (Lipinski definition) is 1. The normalized spacial score (nSPS) is 13.1. The third kappa shape index (κ3) is 3.87. The zero-order chi connectivity index (χ0) is 11.3. The largest absolute Gasteiger partial charge is 0.361 e. The Bertz CT molecular complexity index is 279. The summed E-state index contributed by atoms with van der Waals surface area (Å²) >= 11 is 1.96. The van der Waals surface area contributed by atoms with Gasteiger partial charge in [0, 0.05) is 23.9 Å². The van der Waals surface area contributed by atoms with Crippen LogP contribution >= 0.6 is 11.8 Å². The summed E-state index contributed by atoms with van der Waals surface area (Å²) in [6.45, 7) is 9.20. The highest BCUT2D eigenvalue weighted by Gasteiger charge is 2.09. The maximum Gasteiger partial charge on any atom is 0.138 e. The molecule has 0 aliphatic heterocycles. The van der Waals surface area contributed by atoms with Crippen molar-refractivity contribution in [2.75, 3.05) is 11.5 Å². The Labute approximate surface area is 96.0 Å². The summed E-state index contributed by atoms with van der Waals surface area (Å²) in [6, 6.07) is 0.531. The molecule has 1 aromatic rings. The Balaban J connectivity index is 2.36. The molecule has 15 heavy (non-hydrogen) atoms. The predicted octanol–water partition coefficient (Wildman–Crippen LogP) is 2.52. The van der Waals surface area contributed by atoms with Crippen molar-refractivity contribution in [3.05, 3.63) is 17.0 Å². The maximum absolute atomic E-state index is 5.11. The highest BCUT2D eigenvalue weighted by Crippen LogP contribution is 2.12. The van der Waals surface area contributed by atoms with E-state index in [1.54, 1.807) is 0 Å². The highest BCUT2D eigenvalue weighted by molar-refractivity contribution is 7.99. The SMILES string of the molecule is CCSCC(C)NCc1c(C)noc1C. The maximum atomic E-state index is 5.11. The van der Waals surface area contributed by atoms with Crippen molar-refractivity contribution in [1.29, 1.82) is 0 Å². The fourth-order valence-corrected chi connectivity index (χ4v) is 2.09. The summed E-state index contributed by atoms with van der Waals surface area (Å²) in [5.41, 5.74) is 2.19. The van der Waals surface area contributed by atoms with Crippen molar-refractivity contribution in [1.82, 2.24) is 10.5 Å². The first-order valence-electron chi connectivity index (χ1n) is 5.38. The van der Waals surface area contributed by atoms with Gasteiger partial charge in [0.2, 0.25) is 0 Å². The predicted molar refractivity (Wildman–Crippen MR) is 65.3 cm³/mol. The van der Waals surface area contributed by atoms with Crippen LogP contribution < -0.4 is 5.32 Å². The van der Waals surface area contributed by atoms with Gasteiger partial charge in [0.05, 0.1) is 5.69 Å². The van der Waals surface area contributed by atoms with E-state index in [0.29, 0.717) is 6.04 Å². The molecule has 1 unspecified atom stereocenters. The first kappa shape index (κ1) is 12.6. The van der Waals surface area contributed by atoms with E-state index in [0.717, 1.165) is 23.8 Å². The number of nitrogens with one attached hydrogen (secondary N) is 1. The molecule has 0 aliphatic carbocycles. The van der Waals surface area contributed by atoms with Gasteiger partial charge in [0.15, 0.2) is 0 Å². The lowest BCUT2D eigenvalue weighted by Gasteiger charge is -2.12. The van der Waals surface area contributed by atoms with Crippen LogP contribution in [-0.2, 0) is 6.54 Å². The van der Waals surface area contributed by atoms with E-state index in [1.807, 2.05) is 25.6 Å². The van der Waals surface area contributed by atoms with Gasteiger partial charge in [-0.25, -0.2) is 0 Å². The second-order valence-electron chi connectivity index (χ2n) is 3.74. The van der Waals surface area contributed by atoms with Gasteiger partial charge in [-0.05, 0) is 26.5 Å². The molecule has 1 rings (SSSR count). The average molecular weight is 228 g/mol. The Morgan fingerprint density at radius 2 is 2.20 bits per heavy atom. The number of aromatic nitrogens is 1. The number of rotatable bonds is 6. The molecule has 1 heterocycles. The van der Waals surface area contributed by atoms with Gasteiger partial charge in [0.25, 0.3) is 0 Å². The van der Waals surface area contributed by atoms with E-state index in [2.05, 4.69) is 24.3 Å². The molecular weight excluding hydrogens is 208 g/mol. The lowest BCUT2D eigenvalue weighted by atomic mass is 10.2. The molecule has 0 saturated carbocycles. The lowest BCUT2D eigenvalue weighted by molar-refractivity contribution is 0.391. The zero-order valence-electron chi connectivity index (χ0n) is 9.96. The van der Waals surface area contributed by atoms with E-state index >= 15 is 0 Å². The van der Waals surface area contributed by atoms with Crippen LogP contribution in [0.1, 0.15) is 30.9 Å². The van der Waals surface area contributed by atoms with Gasteiger partial charge in [-0.15, -0.1) is 0 Å². The molecule has 0 aliphatic rings. The van der Waals surface area contributed by atoms with Crippen LogP contribution in [0.4, 0.5) is 0 Å². The fourth-order valence-electron chi connectivity index (χ4n) is 1.38. The van der Waals surface area contributed by atoms with Crippen molar-refractivity contribution in [2.45, 2.75) is 40.3 Å². The molecule has 0 fully saturated rings. The molecule has 0 saturated heterocycles. The second kappa shape index (κ2) is 6.18. The molecule has 1 atom stereocenters. The molecule has 0 bridgehead atoms. The third-order valence-corrected chi connectivity index (χ3v) is 3.52. The number of nitrogens with zero attached hydrogens (tertiary/aromatic N) is 1. The van der Waals surface area contributed by atoms with Crippen LogP contribution in [0, 0.1) is 13.8 Å². The van der Waals surface area contributed by atoms with Crippen LogP contribution in [0.5, 0.6) is 0 Å². The van der Waals surface area contributed by atoms with Crippen LogP contribution in [0.25, 0.3) is 0 Å².